The van der Waals surface area contributed by atoms with Crippen molar-refractivity contribution < 1.29 is 19.1 Å². The number of hydrogen-bond acceptors (Lipinski definition) is 4. The summed E-state index contributed by atoms with van der Waals surface area (Å²) in [6.07, 6.45) is -0.526. The van der Waals surface area contributed by atoms with Gasteiger partial charge in [0.2, 0.25) is 5.91 Å². The molecule has 134 valence electrons. The van der Waals surface area contributed by atoms with E-state index in [0.29, 0.717) is 5.02 Å². The Morgan fingerprint density at radius 1 is 1.12 bits per heavy atom. The van der Waals surface area contributed by atoms with Crippen LogP contribution in [0.2, 0.25) is 5.02 Å². The molecule has 2 aromatic carbocycles. The molecule has 0 radical (unpaired) electrons. The van der Waals surface area contributed by atoms with Gasteiger partial charge in [0.15, 0.2) is 6.61 Å². The number of benzene rings is 2. The number of halogens is 1. The maximum Gasteiger partial charge on any atom is 0.417 e. The molecule has 2 aromatic rings. The fourth-order valence-corrected chi connectivity index (χ4v) is 2.82. The van der Waals surface area contributed by atoms with E-state index in [1.54, 1.807) is 24.3 Å². The number of carbonyl (C=O) groups is 3. The third kappa shape index (κ3) is 4.40. The number of nitrogens with zero attached hydrogens (tertiary/aromatic N) is 1. The number of nitrogens with one attached hydrogen (secondary N) is 1. The summed E-state index contributed by atoms with van der Waals surface area (Å²) in [6, 6.07) is 15.7. The van der Waals surface area contributed by atoms with Gasteiger partial charge in [0.1, 0.15) is 0 Å². The molecule has 7 heteroatoms. The van der Waals surface area contributed by atoms with Crippen LogP contribution in [0.4, 0.5) is 4.79 Å². The van der Waals surface area contributed by atoms with E-state index in [2.05, 4.69) is 5.32 Å². The molecule has 0 aromatic heterocycles. The number of imide groups is 1. The second-order valence-electron chi connectivity index (χ2n) is 5.89. The summed E-state index contributed by atoms with van der Waals surface area (Å²) in [5, 5.41) is 3.49. The molecule has 1 heterocycles. The number of cyclic esters (lactones) is 1. The zero-order chi connectivity index (χ0) is 18.5. The van der Waals surface area contributed by atoms with E-state index in [0.717, 1.165) is 16.0 Å². The summed E-state index contributed by atoms with van der Waals surface area (Å²) in [5.74, 6) is -0.635. The highest BCUT2D eigenvalue weighted by Crippen LogP contribution is 2.18. The van der Waals surface area contributed by atoms with Gasteiger partial charge in [-0.05, 0) is 23.3 Å². The Labute approximate surface area is 155 Å². The van der Waals surface area contributed by atoms with Gasteiger partial charge in [0, 0.05) is 5.02 Å². The van der Waals surface area contributed by atoms with Crippen LogP contribution in [0.3, 0.4) is 0 Å². The van der Waals surface area contributed by atoms with Crippen molar-refractivity contribution in [3.05, 3.63) is 70.7 Å². The largest absolute Gasteiger partial charge is 0.439 e. The second kappa shape index (κ2) is 8.01. The van der Waals surface area contributed by atoms with Gasteiger partial charge in [-0.15, -0.1) is 0 Å². The molecule has 0 spiro atoms. The van der Waals surface area contributed by atoms with Crippen LogP contribution < -0.4 is 5.32 Å². The summed E-state index contributed by atoms with van der Waals surface area (Å²) in [6.45, 7) is -0.243. The third-order valence-corrected chi connectivity index (χ3v) is 4.27. The maximum absolute atomic E-state index is 12.5. The third-order valence-electron chi connectivity index (χ3n) is 4.02. The molecular formula is C19H17ClN2O4. The first kappa shape index (κ1) is 17.9. The molecule has 1 unspecified atom stereocenters. The molecule has 1 fully saturated rings. The molecule has 1 saturated heterocycles. The molecule has 1 N–H and O–H groups in total. The fourth-order valence-electron chi connectivity index (χ4n) is 2.69. The summed E-state index contributed by atoms with van der Waals surface area (Å²) in [7, 11) is 0. The van der Waals surface area contributed by atoms with Gasteiger partial charge in [-0.25, -0.2) is 9.69 Å². The molecule has 1 aliphatic heterocycles. The van der Waals surface area contributed by atoms with Crippen molar-refractivity contribution in [3.8, 4) is 0 Å². The first-order valence-electron chi connectivity index (χ1n) is 8.09. The van der Waals surface area contributed by atoms with E-state index in [4.69, 9.17) is 16.3 Å². The summed E-state index contributed by atoms with van der Waals surface area (Å²) >= 11 is 5.85. The SMILES string of the molecule is O=C(Cc1ccc(Cl)cc1)NC(CN1C(=O)COC1=O)c1ccccc1. The van der Waals surface area contributed by atoms with Gasteiger partial charge < -0.3 is 10.1 Å². The predicted molar refractivity (Wildman–Crippen MR) is 95.5 cm³/mol. The lowest BCUT2D eigenvalue weighted by atomic mass is 10.1. The number of ether oxygens (including phenoxy) is 1. The Kier molecular flexibility index (Phi) is 5.53. The average Bonchev–Trinajstić information content (AvgIpc) is 2.96. The number of rotatable bonds is 6. The van der Waals surface area contributed by atoms with Crippen LogP contribution in [0.1, 0.15) is 17.2 Å². The van der Waals surface area contributed by atoms with E-state index in [-0.39, 0.29) is 25.5 Å². The highest BCUT2D eigenvalue weighted by atomic mass is 35.5. The molecule has 3 rings (SSSR count). The van der Waals surface area contributed by atoms with E-state index in [1.807, 2.05) is 30.3 Å². The van der Waals surface area contributed by atoms with Gasteiger partial charge in [-0.1, -0.05) is 54.1 Å². The number of hydrogen-bond donors (Lipinski definition) is 1. The summed E-state index contributed by atoms with van der Waals surface area (Å²) < 4.78 is 4.74. The van der Waals surface area contributed by atoms with Crippen molar-refractivity contribution in [1.82, 2.24) is 10.2 Å². The Morgan fingerprint density at radius 2 is 1.81 bits per heavy atom. The molecule has 0 aliphatic carbocycles. The van der Waals surface area contributed by atoms with Crippen LogP contribution >= 0.6 is 11.6 Å². The molecule has 1 atom stereocenters. The van der Waals surface area contributed by atoms with Crippen molar-refractivity contribution in [2.75, 3.05) is 13.2 Å². The van der Waals surface area contributed by atoms with Gasteiger partial charge in [0.25, 0.3) is 5.91 Å². The normalized spacial score (nSPS) is 14.9. The number of amides is 3. The van der Waals surface area contributed by atoms with Crippen LogP contribution in [0.15, 0.2) is 54.6 Å². The molecule has 0 bridgehead atoms. The van der Waals surface area contributed by atoms with Crippen molar-refractivity contribution in [2.24, 2.45) is 0 Å². The van der Waals surface area contributed by atoms with Crippen LogP contribution in [0.5, 0.6) is 0 Å². The average molecular weight is 373 g/mol. The standard InChI is InChI=1S/C19H17ClN2O4/c20-15-8-6-13(7-9-15)10-17(23)21-16(14-4-2-1-3-5-14)11-22-18(24)12-26-19(22)25/h1-9,16H,10-12H2,(H,21,23). The van der Waals surface area contributed by atoms with Gasteiger partial charge in [-0.2, -0.15) is 0 Å². The fraction of sp³-hybridized carbons (Fsp3) is 0.211. The Balaban J connectivity index is 1.73. The minimum absolute atomic E-state index is 0.0219. The summed E-state index contributed by atoms with van der Waals surface area (Å²) in [5.41, 5.74) is 1.61. The summed E-state index contributed by atoms with van der Waals surface area (Å²) in [4.78, 5) is 37.0. The van der Waals surface area contributed by atoms with E-state index >= 15 is 0 Å². The molecular weight excluding hydrogens is 356 g/mol. The van der Waals surface area contributed by atoms with Crippen LogP contribution in [-0.4, -0.2) is 36.0 Å². The number of carbonyl (C=O) groups excluding carboxylic acids is 3. The van der Waals surface area contributed by atoms with E-state index in [9.17, 15) is 14.4 Å². The zero-order valence-corrected chi connectivity index (χ0v) is 14.6. The van der Waals surface area contributed by atoms with Crippen LogP contribution in [0.25, 0.3) is 0 Å². The van der Waals surface area contributed by atoms with Crippen molar-refractivity contribution in [3.63, 3.8) is 0 Å². The van der Waals surface area contributed by atoms with Crippen molar-refractivity contribution in [1.29, 1.82) is 0 Å². The Morgan fingerprint density at radius 3 is 2.42 bits per heavy atom. The molecule has 6 nitrogen and oxygen atoms in total. The molecule has 0 saturated carbocycles. The molecule has 26 heavy (non-hydrogen) atoms. The van der Waals surface area contributed by atoms with Gasteiger partial charge in [0.05, 0.1) is 19.0 Å². The van der Waals surface area contributed by atoms with E-state index < -0.39 is 18.0 Å². The zero-order valence-electron chi connectivity index (χ0n) is 13.9. The second-order valence-corrected chi connectivity index (χ2v) is 6.33. The van der Waals surface area contributed by atoms with Crippen molar-refractivity contribution >= 4 is 29.5 Å². The van der Waals surface area contributed by atoms with Gasteiger partial charge in [-0.3, -0.25) is 9.59 Å². The maximum atomic E-state index is 12.5. The van der Waals surface area contributed by atoms with Crippen molar-refractivity contribution in [2.45, 2.75) is 12.5 Å². The minimum Gasteiger partial charge on any atom is -0.439 e. The lowest BCUT2D eigenvalue weighted by molar-refractivity contribution is -0.127. The minimum atomic E-state index is -0.692. The lowest BCUT2D eigenvalue weighted by Crippen LogP contribution is -2.40. The quantitative estimate of drug-likeness (QED) is 0.846. The highest BCUT2D eigenvalue weighted by molar-refractivity contribution is 6.30. The lowest BCUT2D eigenvalue weighted by Gasteiger charge is -2.23. The topological polar surface area (TPSA) is 75.7 Å². The van der Waals surface area contributed by atoms with Crippen LogP contribution in [0, 0.1) is 0 Å². The molecule has 3 amide bonds. The predicted octanol–water partition coefficient (Wildman–Crippen LogP) is 2.72. The highest BCUT2D eigenvalue weighted by Gasteiger charge is 2.33. The first-order valence-corrected chi connectivity index (χ1v) is 8.46. The molecule has 1 aliphatic rings. The Hall–Kier alpha value is -2.86. The van der Waals surface area contributed by atoms with Gasteiger partial charge >= 0.3 is 6.09 Å². The Bertz CT molecular complexity index is 792. The monoisotopic (exact) mass is 372 g/mol. The van der Waals surface area contributed by atoms with Crippen LogP contribution in [-0.2, 0) is 20.7 Å². The smallest absolute Gasteiger partial charge is 0.417 e. The van der Waals surface area contributed by atoms with E-state index in [1.165, 1.54) is 0 Å². The first-order chi connectivity index (χ1) is 12.5.